The van der Waals surface area contributed by atoms with Crippen molar-refractivity contribution in [3.8, 4) is 17.2 Å². The number of ether oxygens (including phenoxy) is 2. The molecule has 3 N–H and O–H groups in total. The van der Waals surface area contributed by atoms with Gasteiger partial charge < -0.3 is 35.0 Å². The maximum atomic E-state index is 10.6. The number of phenolic OH excluding ortho intramolecular Hbond substituents is 1. The summed E-state index contributed by atoms with van der Waals surface area (Å²) in [7, 11) is 11.9. The summed E-state index contributed by atoms with van der Waals surface area (Å²) < 4.78 is 10.8. The maximum Gasteiger partial charge on any atom is 0.310 e. The molecule has 0 aromatic heterocycles. The zero-order valence-electron chi connectivity index (χ0n) is 26.3. The number of nitro benzene ring substituents is 2. The van der Waals surface area contributed by atoms with E-state index < -0.39 is 9.85 Å². The number of anilines is 1. The summed E-state index contributed by atoms with van der Waals surface area (Å²) >= 11 is 5.35. The van der Waals surface area contributed by atoms with Crippen LogP contribution in [-0.4, -0.2) is 111 Å². The Bertz CT molecular complexity index is 1230. The van der Waals surface area contributed by atoms with E-state index in [1.807, 2.05) is 76.4 Å². The number of phenols is 1. The summed E-state index contributed by atoms with van der Waals surface area (Å²) in [5, 5.41) is 29.5. The average Bonchev–Trinajstić information content (AvgIpc) is 2.95. The Morgan fingerprint density at radius 2 is 1.09 bits per heavy atom. The number of nitrogens with zero attached hydrogens (tertiary/aromatic N) is 5. The van der Waals surface area contributed by atoms with Crippen LogP contribution in [0.2, 0.25) is 0 Å². The highest BCUT2D eigenvalue weighted by Crippen LogP contribution is 2.25. The molecule has 0 aliphatic carbocycles. The zero-order chi connectivity index (χ0) is 33.5. The van der Waals surface area contributed by atoms with Crippen molar-refractivity contribution in [2.45, 2.75) is 0 Å². The topological polar surface area (TPSA) is 161 Å². The largest absolute Gasteiger partial charge is 0.502 e. The zero-order valence-corrected chi connectivity index (χ0v) is 27.0. The first-order valence-corrected chi connectivity index (χ1v) is 14.1. The fraction of sp³-hybridized carbons (Fsp3) is 0.400. The van der Waals surface area contributed by atoms with Crippen LogP contribution in [0.5, 0.6) is 17.2 Å². The fourth-order valence-electron chi connectivity index (χ4n) is 2.81. The molecule has 0 fully saturated rings. The van der Waals surface area contributed by atoms with Crippen LogP contribution in [-0.2, 0) is 0 Å². The molecular weight excluding hydrogens is 592 g/mol. The van der Waals surface area contributed by atoms with Gasteiger partial charge in [-0.1, -0.05) is 36.4 Å². The molecular formula is C30H45ClN6O7. The number of para-hydroxylation sites is 6. The SMILES string of the molecule is CN(C)CCCl.CN(C)CCOc1ccccc1N.CN(C)CCOc1ccccc1[N+](=O)[O-].O=[N+]([O-])c1ccccc1O. The summed E-state index contributed by atoms with van der Waals surface area (Å²) in [6.45, 7) is 3.71. The molecule has 3 rings (SSSR count). The van der Waals surface area contributed by atoms with E-state index in [9.17, 15) is 20.2 Å². The Morgan fingerprint density at radius 3 is 1.48 bits per heavy atom. The van der Waals surface area contributed by atoms with Crippen LogP contribution in [0.1, 0.15) is 0 Å². The van der Waals surface area contributed by atoms with Crippen LogP contribution >= 0.6 is 11.6 Å². The summed E-state index contributed by atoms with van der Waals surface area (Å²) in [5.74, 6) is 1.52. The second kappa shape index (κ2) is 23.3. The average molecular weight is 637 g/mol. The molecule has 14 heteroatoms. The molecule has 0 spiro atoms. The summed E-state index contributed by atoms with van der Waals surface area (Å²) in [4.78, 5) is 25.7. The highest BCUT2D eigenvalue weighted by atomic mass is 35.5. The third-order valence-electron chi connectivity index (χ3n) is 5.18. The molecule has 244 valence electrons. The molecule has 0 saturated carbocycles. The second-order valence-corrected chi connectivity index (χ2v) is 10.2. The van der Waals surface area contributed by atoms with Gasteiger partial charge in [0.15, 0.2) is 11.5 Å². The van der Waals surface area contributed by atoms with Crippen molar-refractivity contribution in [3.63, 3.8) is 0 Å². The third-order valence-corrected chi connectivity index (χ3v) is 5.35. The Hall–Kier alpha value is -4.17. The van der Waals surface area contributed by atoms with E-state index in [0.717, 1.165) is 31.3 Å². The molecule has 0 atom stereocenters. The minimum atomic E-state index is -0.630. The first-order valence-electron chi connectivity index (χ1n) is 13.6. The standard InChI is InChI=1S/C10H14N2O3.C10H16N2O.C6H5NO3.C4H10ClN/c1-11(2)7-8-15-10-6-4-3-5-9(10)12(13)14;1-12(2)7-8-13-10-6-4-3-5-9(10)11;8-6-4-2-1-3-5(6)7(9)10;1-6(2)4-3-5/h3-6H,7-8H2,1-2H3;3-6H,7-8,11H2,1-2H3;1-4,8H;3-4H2,1-2H3. The lowest BCUT2D eigenvalue weighted by molar-refractivity contribution is -0.386. The highest BCUT2D eigenvalue weighted by Gasteiger charge is 2.13. The Labute approximate surface area is 264 Å². The second-order valence-electron chi connectivity index (χ2n) is 9.80. The molecule has 0 heterocycles. The number of nitrogens with two attached hydrogens (primary N) is 1. The lowest BCUT2D eigenvalue weighted by Crippen LogP contribution is -2.19. The molecule has 0 bridgehead atoms. The quantitative estimate of drug-likeness (QED) is 0.121. The number of benzene rings is 3. The van der Waals surface area contributed by atoms with E-state index in [-0.39, 0.29) is 17.1 Å². The predicted molar refractivity (Wildman–Crippen MR) is 176 cm³/mol. The number of likely N-dealkylation sites (N-methyl/N-ethyl adjacent to an activating group) is 2. The number of nitro groups is 2. The smallest absolute Gasteiger partial charge is 0.310 e. The molecule has 44 heavy (non-hydrogen) atoms. The van der Waals surface area contributed by atoms with Gasteiger partial charge in [-0.15, -0.1) is 11.6 Å². The third kappa shape index (κ3) is 19.1. The molecule has 13 nitrogen and oxygen atoms in total. The van der Waals surface area contributed by atoms with E-state index in [0.29, 0.717) is 24.7 Å². The molecule has 0 radical (unpaired) electrons. The van der Waals surface area contributed by atoms with Crippen LogP contribution in [0.15, 0.2) is 72.8 Å². The molecule has 3 aromatic carbocycles. The van der Waals surface area contributed by atoms with Crippen molar-refractivity contribution in [1.29, 1.82) is 0 Å². The van der Waals surface area contributed by atoms with Crippen molar-refractivity contribution in [3.05, 3.63) is 93.0 Å². The van der Waals surface area contributed by atoms with Gasteiger partial charge in [-0.3, -0.25) is 20.2 Å². The normalized spacial score (nSPS) is 10.0. The molecule has 0 aliphatic heterocycles. The van der Waals surface area contributed by atoms with Crippen molar-refractivity contribution in [2.24, 2.45) is 0 Å². The maximum absolute atomic E-state index is 10.6. The lowest BCUT2D eigenvalue weighted by Gasteiger charge is -2.11. The van der Waals surface area contributed by atoms with Crippen molar-refractivity contribution < 1.29 is 24.4 Å². The van der Waals surface area contributed by atoms with E-state index in [1.54, 1.807) is 18.2 Å². The van der Waals surface area contributed by atoms with Crippen LogP contribution in [0.4, 0.5) is 17.1 Å². The van der Waals surface area contributed by atoms with Gasteiger partial charge in [0, 0.05) is 37.6 Å². The predicted octanol–water partition coefficient (Wildman–Crippen LogP) is 4.83. The van der Waals surface area contributed by atoms with Crippen molar-refractivity contribution in [2.75, 3.05) is 86.7 Å². The first-order chi connectivity index (χ1) is 20.8. The minimum Gasteiger partial charge on any atom is -0.502 e. The molecule has 0 aliphatic rings. The monoisotopic (exact) mass is 636 g/mol. The van der Waals surface area contributed by atoms with E-state index >= 15 is 0 Å². The van der Waals surface area contributed by atoms with Gasteiger partial charge in [0.2, 0.25) is 0 Å². The van der Waals surface area contributed by atoms with Gasteiger partial charge in [0.05, 0.1) is 15.5 Å². The Morgan fingerprint density at radius 1 is 0.682 bits per heavy atom. The van der Waals surface area contributed by atoms with E-state index in [1.165, 1.54) is 30.3 Å². The number of hydrogen-bond donors (Lipinski definition) is 2. The van der Waals surface area contributed by atoms with Gasteiger partial charge in [-0.2, -0.15) is 0 Å². The summed E-state index contributed by atoms with van der Waals surface area (Å²) in [5.41, 5.74) is 6.14. The number of halogens is 1. The van der Waals surface area contributed by atoms with Crippen LogP contribution in [0.3, 0.4) is 0 Å². The Kier molecular flexibility index (Phi) is 21.1. The minimum absolute atomic E-state index is 0.0104. The molecule has 3 aromatic rings. The number of nitrogen functional groups attached to an aromatic ring is 1. The van der Waals surface area contributed by atoms with Gasteiger partial charge in [-0.05, 0) is 66.6 Å². The number of rotatable bonds is 12. The van der Waals surface area contributed by atoms with Gasteiger partial charge >= 0.3 is 11.4 Å². The van der Waals surface area contributed by atoms with Crippen molar-refractivity contribution >= 4 is 28.7 Å². The van der Waals surface area contributed by atoms with E-state index in [2.05, 4.69) is 4.90 Å². The highest BCUT2D eigenvalue weighted by molar-refractivity contribution is 6.18. The van der Waals surface area contributed by atoms with E-state index in [4.69, 9.17) is 31.9 Å². The molecule has 0 amide bonds. The van der Waals surface area contributed by atoms with Crippen molar-refractivity contribution in [1.82, 2.24) is 14.7 Å². The van der Waals surface area contributed by atoms with Gasteiger partial charge in [-0.25, -0.2) is 0 Å². The lowest BCUT2D eigenvalue weighted by atomic mass is 10.3. The summed E-state index contributed by atoms with van der Waals surface area (Å²) in [6, 6.07) is 19.5. The number of aromatic hydroxyl groups is 1. The number of alkyl halides is 1. The van der Waals surface area contributed by atoms with Gasteiger partial charge in [0.25, 0.3) is 0 Å². The summed E-state index contributed by atoms with van der Waals surface area (Å²) in [6.07, 6.45) is 0. The number of hydrogen-bond acceptors (Lipinski definition) is 11. The molecule has 0 unspecified atom stereocenters. The van der Waals surface area contributed by atoms with Crippen LogP contribution in [0, 0.1) is 20.2 Å². The van der Waals surface area contributed by atoms with Gasteiger partial charge in [0.1, 0.15) is 19.0 Å². The van der Waals surface area contributed by atoms with Crippen LogP contribution in [0.25, 0.3) is 0 Å². The molecule has 0 saturated heterocycles. The first kappa shape index (κ1) is 39.8. The fourth-order valence-corrected chi connectivity index (χ4v) is 3.14. The Balaban J connectivity index is 0.000000586. The van der Waals surface area contributed by atoms with Crippen LogP contribution < -0.4 is 15.2 Å².